The minimum Gasteiger partial charge on any atom is -0.496 e. The first-order chi connectivity index (χ1) is 13.4. The molecule has 0 saturated carbocycles. The maximum atomic E-state index is 12.3. The normalized spacial score (nSPS) is 9.89. The highest BCUT2D eigenvalue weighted by atomic mass is 79.9. The average molecular weight is 445 g/mol. The number of amides is 1. The first-order valence-electron chi connectivity index (χ1n) is 8.25. The van der Waals surface area contributed by atoms with Gasteiger partial charge < -0.3 is 14.8 Å². The monoisotopic (exact) mass is 444 g/mol. The molecule has 0 aliphatic rings. The predicted octanol–water partition coefficient (Wildman–Crippen LogP) is 3.47. The van der Waals surface area contributed by atoms with Crippen molar-refractivity contribution < 1.29 is 23.9 Å². The van der Waals surface area contributed by atoms with Crippen molar-refractivity contribution in [3.8, 4) is 11.8 Å². The number of halogens is 1. The van der Waals surface area contributed by atoms with Crippen LogP contribution in [0, 0.1) is 11.3 Å². The number of benzene rings is 2. The second kappa shape index (κ2) is 10.2. The van der Waals surface area contributed by atoms with Crippen molar-refractivity contribution in [2.45, 2.75) is 12.8 Å². The zero-order valence-corrected chi connectivity index (χ0v) is 16.6. The van der Waals surface area contributed by atoms with Crippen LogP contribution in [0.2, 0.25) is 0 Å². The van der Waals surface area contributed by atoms with E-state index in [1.807, 2.05) is 6.07 Å². The summed E-state index contributed by atoms with van der Waals surface area (Å²) in [5, 5.41) is 11.3. The molecular formula is C20H17BrN2O5. The third kappa shape index (κ3) is 6.21. The third-order valence-corrected chi connectivity index (χ3v) is 4.17. The Labute approximate surface area is 170 Å². The summed E-state index contributed by atoms with van der Waals surface area (Å²) in [5.74, 6) is -1.02. The van der Waals surface area contributed by atoms with Gasteiger partial charge in [0.1, 0.15) is 5.75 Å². The van der Waals surface area contributed by atoms with Crippen LogP contribution in [0.5, 0.6) is 5.75 Å². The van der Waals surface area contributed by atoms with Crippen molar-refractivity contribution in [1.82, 2.24) is 0 Å². The Kier molecular flexibility index (Phi) is 7.72. The molecule has 8 heteroatoms. The molecule has 0 unspecified atom stereocenters. The van der Waals surface area contributed by atoms with Gasteiger partial charge in [-0.05, 0) is 42.5 Å². The molecule has 7 nitrogen and oxygen atoms in total. The number of hydrogen-bond acceptors (Lipinski definition) is 6. The highest BCUT2D eigenvalue weighted by Crippen LogP contribution is 2.24. The predicted molar refractivity (Wildman–Crippen MR) is 105 cm³/mol. The molecule has 1 amide bonds. The number of Topliss-reactive ketones (excluding diaryl/α,β-unsaturated/α-hetero) is 1. The maximum Gasteiger partial charge on any atom is 0.306 e. The van der Waals surface area contributed by atoms with Crippen molar-refractivity contribution >= 4 is 39.3 Å². The number of carbonyl (C=O) groups excluding carboxylic acids is 3. The van der Waals surface area contributed by atoms with Gasteiger partial charge in [0.15, 0.2) is 12.4 Å². The Morgan fingerprint density at radius 3 is 2.46 bits per heavy atom. The number of carbonyl (C=O) groups is 3. The number of hydrogen-bond donors (Lipinski definition) is 1. The van der Waals surface area contributed by atoms with E-state index in [0.29, 0.717) is 22.6 Å². The molecule has 0 fully saturated rings. The van der Waals surface area contributed by atoms with Gasteiger partial charge in [0.25, 0.3) is 5.91 Å². The number of nitrogens with one attached hydrogen (secondary N) is 1. The lowest BCUT2D eigenvalue weighted by Gasteiger charge is -2.09. The van der Waals surface area contributed by atoms with E-state index in [2.05, 4.69) is 21.2 Å². The molecule has 2 rings (SSSR count). The third-order valence-electron chi connectivity index (χ3n) is 3.68. The van der Waals surface area contributed by atoms with Gasteiger partial charge in [0.2, 0.25) is 0 Å². The van der Waals surface area contributed by atoms with Crippen LogP contribution in [0.15, 0.2) is 46.9 Å². The molecule has 0 radical (unpaired) electrons. The van der Waals surface area contributed by atoms with Crippen LogP contribution >= 0.6 is 15.9 Å². The van der Waals surface area contributed by atoms with Crippen molar-refractivity contribution in [2.24, 2.45) is 0 Å². The number of esters is 1. The fraction of sp³-hybridized carbons (Fsp3) is 0.200. The Morgan fingerprint density at radius 2 is 1.82 bits per heavy atom. The fourth-order valence-corrected chi connectivity index (χ4v) is 2.65. The lowest BCUT2D eigenvalue weighted by Crippen LogP contribution is -2.21. The van der Waals surface area contributed by atoms with Crippen LogP contribution in [0.25, 0.3) is 0 Å². The molecule has 0 aliphatic heterocycles. The molecular weight excluding hydrogens is 428 g/mol. The summed E-state index contributed by atoms with van der Waals surface area (Å²) in [6.45, 7) is -0.465. The standard InChI is InChI=1S/C20H17BrN2O5/c1-27-18-8-4-14(21)10-16(18)17(24)7-9-20(26)28-12-19(25)23-15-5-2-13(11-22)3-6-15/h2-6,8,10H,7,9,12H2,1H3,(H,23,25). The van der Waals surface area contributed by atoms with Crippen molar-refractivity contribution in [1.29, 1.82) is 5.26 Å². The van der Waals surface area contributed by atoms with Crippen LogP contribution < -0.4 is 10.1 Å². The second-order valence-electron chi connectivity index (χ2n) is 5.67. The van der Waals surface area contributed by atoms with Crippen LogP contribution in [-0.2, 0) is 14.3 Å². The van der Waals surface area contributed by atoms with Gasteiger partial charge in [-0.1, -0.05) is 15.9 Å². The average Bonchev–Trinajstić information content (AvgIpc) is 2.71. The van der Waals surface area contributed by atoms with Gasteiger partial charge in [0, 0.05) is 16.6 Å². The van der Waals surface area contributed by atoms with Crippen molar-refractivity contribution in [2.75, 3.05) is 19.0 Å². The SMILES string of the molecule is COc1ccc(Br)cc1C(=O)CCC(=O)OCC(=O)Nc1ccc(C#N)cc1. The summed E-state index contributed by atoms with van der Waals surface area (Å²) >= 11 is 3.29. The van der Waals surface area contributed by atoms with E-state index in [1.165, 1.54) is 7.11 Å². The number of nitrogens with zero attached hydrogens (tertiary/aromatic N) is 1. The van der Waals surface area contributed by atoms with E-state index in [4.69, 9.17) is 14.7 Å². The van der Waals surface area contributed by atoms with Crippen LogP contribution in [0.4, 0.5) is 5.69 Å². The second-order valence-corrected chi connectivity index (χ2v) is 6.58. The largest absolute Gasteiger partial charge is 0.496 e. The Bertz CT molecular complexity index is 919. The first-order valence-corrected chi connectivity index (χ1v) is 9.04. The summed E-state index contributed by atoms with van der Waals surface area (Å²) in [7, 11) is 1.46. The van der Waals surface area contributed by atoms with Gasteiger partial charge in [0.05, 0.1) is 30.7 Å². The smallest absolute Gasteiger partial charge is 0.306 e. The molecule has 28 heavy (non-hydrogen) atoms. The molecule has 2 aromatic rings. The minimum absolute atomic E-state index is 0.0666. The van der Waals surface area contributed by atoms with E-state index in [0.717, 1.165) is 4.47 Å². The lowest BCUT2D eigenvalue weighted by molar-refractivity contribution is -0.147. The summed E-state index contributed by atoms with van der Waals surface area (Å²) in [5.41, 5.74) is 1.32. The number of rotatable bonds is 8. The molecule has 1 N–H and O–H groups in total. The molecule has 0 heterocycles. The lowest BCUT2D eigenvalue weighted by atomic mass is 10.1. The van der Waals surface area contributed by atoms with Crippen molar-refractivity contribution in [3.63, 3.8) is 0 Å². The van der Waals surface area contributed by atoms with Gasteiger partial charge in [-0.3, -0.25) is 14.4 Å². The highest BCUT2D eigenvalue weighted by molar-refractivity contribution is 9.10. The first kappa shape index (κ1) is 21.1. The van der Waals surface area contributed by atoms with Crippen molar-refractivity contribution in [3.05, 3.63) is 58.1 Å². The van der Waals surface area contributed by atoms with E-state index in [1.54, 1.807) is 42.5 Å². The van der Waals surface area contributed by atoms with Crippen LogP contribution in [-0.4, -0.2) is 31.4 Å². The molecule has 0 atom stereocenters. The zero-order valence-electron chi connectivity index (χ0n) is 15.0. The van der Waals surface area contributed by atoms with E-state index < -0.39 is 18.5 Å². The molecule has 2 aromatic carbocycles. The summed E-state index contributed by atoms with van der Waals surface area (Å²) in [6, 6.07) is 13.3. The molecule has 0 aliphatic carbocycles. The molecule has 144 valence electrons. The van der Waals surface area contributed by atoms with Crippen LogP contribution in [0.1, 0.15) is 28.8 Å². The summed E-state index contributed by atoms with van der Waals surface area (Å²) < 4.78 is 10.8. The molecule has 0 aromatic heterocycles. The molecule has 0 spiro atoms. The van der Waals surface area contributed by atoms with Gasteiger partial charge in [-0.15, -0.1) is 0 Å². The fourth-order valence-electron chi connectivity index (χ4n) is 2.29. The number of ether oxygens (including phenoxy) is 2. The minimum atomic E-state index is -0.655. The van der Waals surface area contributed by atoms with Gasteiger partial charge in [-0.2, -0.15) is 5.26 Å². The topological polar surface area (TPSA) is 105 Å². The molecule has 0 saturated heterocycles. The Balaban J connectivity index is 1.79. The van der Waals surface area contributed by atoms with E-state index in [-0.39, 0.29) is 18.6 Å². The molecule has 0 bridgehead atoms. The highest BCUT2D eigenvalue weighted by Gasteiger charge is 2.16. The summed E-state index contributed by atoms with van der Waals surface area (Å²) in [4.78, 5) is 35.9. The van der Waals surface area contributed by atoms with E-state index in [9.17, 15) is 14.4 Å². The van der Waals surface area contributed by atoms with Gasteiger partial charge in [-0.25, -0.2) is 0 Å². The zero-order chi connectivity index (χ0) is 20.5. The number of methoxy groups -OCH3 is 1. The maximum absolute atomic E-state index is 12.3. The Morgan fingerprint density at radius 1 is 1.11 bits per heavy atom. The number of nitriles is 1. The number of ketones is 1. The quantitative estimate of drug-likeness (QED) is 0.493. The van der Waals surface area contributed by atoms with E-state index >= 15 is 0 Å². The summed E-state index contributed by atoms with van der Waals surface area (Å²) in [6.07, 6.45) is -0.221. The van der Waals surface area contributed by atoms with Gasteiger partial charge >= 0.3 is 5.97 Å². The number of anilines is 1. The van der Waals surface area contributed by atoms with Crippen LogP contribution in [0.3, 0.4) is 0 Å². The Hall–Kier alpha value is -3.18.